The topological polar surface area (TPSA) is 21.3 Å². The second kappa shape index (κ2) is 9.47. The highest BCUT2D eigenvalue weighted by Gasteiger charge is 2.04. The van der Waals surface area contributed by atoms with Crippen LogP contribution in [0.4, 0.5) is 0 Å². The fourth-order valence-corrected chi connectivity index (χ4v) is 1.15. The van der Waals surface area contributed by atoms with Crippen LogP contribution in [0.5, 0.6) is 0 Å². The first-order valence-corrected chi connectivity index (χ1v) is 5.99. The molecular weight excluding hydrogens is 174 g/mol. The minimum atomic E-state index is 0.592. The van der Waals surface area contributed by atoms with E-state index in [4.69, 9.17) is 4.74 Å². The summed E-state index contributed by atoms with van der Waals surface area (Å²) in [5, 5.41) is 3.45. The highest BCUT2D eigenvalue weighted by atomic mass is 16.5. The molecule has 0 bridgehead atoms. The number of ether oxygens (including phenoxy) is 1. The molecule has 0 aromatic heterocycles. The average molecular weight is 201 g/mol. The van der Waals surface area contributed by atoms with E-state index in [9.17, 15) is 0 Å². The molecule has 0 saturated heterocycles. The molecule has 0 spiro atoms. The lowest BCUT2D eigenvalue weighted by atomic mass is 10.1. The normalized spacial score (nSPS) is 13.5. The van der Waals surface area contributed by atoms with Crippen LogP contribution in [0.3, 0.4) is 0 Å². The summed E-state index contributed by atoms with van der Waals surface area (Å²) in [6.45, 7) is 11.7. The molecule has 0 aliphatic rings. The Morgan fingerprint density at radius 2 is 1.79 bits per heavy atom. The van der Waals surface area contributed by atoms with Crippen molar-refractivity contribution in [2.45, 2.75) is 53.0 Å². The maximum atomic E-state index is 5.50. The Bertz CT molecular complexity index is 115. The minimum Gasteiger partial charge on any atom is -0.380 e. The van der Waals surface area contributed by atoms with Gasteiger partial charge in [0.05, 0.1) is 6.61 Å². The Kier molecular flexibility index (Phi) is 9.42. The molecule has 0 radical (unpaired) electrons. The molecule has 0 rings (SSSR count). The monoisotopic (exact) mass is 201 g/mol. The smallest absolute Gasteiger partial charge is 0.0590 e. The van der Waals surface area contributed by atoms with Crippen molar-refractivity contribution >= 4 is 0 Å². The van der Waals surface area contributed by atoms with E-state index in [-0.39, 0.29) is 0 Å². The highest BCUT2D eigenvalue weighted by molar-refractivity contribution is 4.63. The summed E-state index contributed by atoms with van der Waals surface area (Å²) >= 11 is 0. The molecule has 14 heavy (non-hydrogen) atoms. The number of hydrogen-bond acceptors (Lipinski definition) is 2. The lowest BCUT2D eigenvalue weighted by Crippen LogP contribution is -2.33. The molecule has 0 aromatic rings. The van der Waals surface area contributed by atoms with Gasteiger partial charge in [-0.05, 0) is 19.3 Å². The Morgan fingerprint density at radius 1 is 1.07 bits per heavy atom. The van der Waals surface area contributed by atoms with E-state index < -0.39 is 0 Å². The predicted octanol–water partition coefficient (Wildman–Crippen LogP) is 2.83. The molecule has 2 heteroatoms. The van der Waals surface area contributed by atoms with E-state index in [1.165, 1.54) is 19.3 Å². The van der Waals surface area contributed by atoms with E-state index in [0.717, 1.165) is 19.8 Å². The second-order valence-corrected chi connectivity index (χ2v) is 4.31. The molecule has 0 aromatic carbocycles. The van der Waals surface area contributed by atoms with Crippen molar-refractivity contribution < 1.29 is 4.74 Å². The van der Waals surface area contributed by atoms with Crippen LogP contribution >= 0.6 is 0 Å². The van der Waals surface area contributed by atoms with Crippen LogP contribution in [0.25, 0.3) is 0 Å². The largest absolute Gasteiger partial charge is 0.380 e. The van der Waals surface area contributed by atoms with Gasteiger partial charge >= 0.3 is 0 Å². The van der Waals surface area contributed by atoms with Crippen molar-refractivity contribution in [1.29, 1.82) is 0 Å². The van der Waals surface area contributed by atoms with Crippen LogP contribution in [0.2, 0.25) is 0 Å². The molecule has 0 aliphatic heterocycles. The molecule has 0 saturated carbocycles. The van der Waals surface area contributed by atoms with Gasteiger partial charge in [-0.1, -0.05) is 33.6 Å². The van der Waals surface area contributed by atoms with Gasteiger partial charge in [0.15, 0.2) is 0 Å². The molecule has 0 heterocycles. The van der Waals surface area contributed by atoms with Crippen LogP contribution in [0, 0.1) is 5.92 Å². The van der Waals surface area contributed by atoms with Crippen molar-refractivity contribution in [2.75, 3.05) is 19.8 Å². The predicted molar refractivity (Wildman–Crippen MR) is 62.6 cm³/mol. The maximum Gasteiger partial charge on any atom is 0.0590 e. The zero-order chi connectivity index (χ0) is 10.8. The van der Waals surface area contributed by atoms with Crippen LogP contribution in [0.1, 0.15) is 47.0 Å². The fraction of sp³-hybridized carbons (Fsp3) is 1.00. The Balaban J connectivity index is 3.06. The first-order chi connectivity index (χ1) is 6.68. The van der Waals surface area contributed by atoms with E-state index in [2.05, 4.69) is 33.0 Å². The van der Waals surface area contributed by atoms with E-state index in [1.807, 2.05) is 0 Å². The number of rotatable bonds is 9. The van der Waals surface area contributed by atoms with Gasteiger partial charge < -0.3 is 10.1 Å². The van der Waals surface area contributed by atoms with Crippen LogP contribution < -0.4 is 5.32 Å². The van der Waals surface area contributed by atoms with Gasteiger partial charge in [0, 0.05) is 19.2 Å². The van der Waals surface area contributed by atoms with E-state index >= 15 is 0 Å². The quantitative estimate of drug-likeness (QED) is 0.579. The Labute approximate surface area is 89.4 Å². The molecule has 0 aliphatic carbocycles. The molecular formula is C12H27NO. The van der Waals surface area contributed by atoms with E-state index in [0.29, 0.717) is 12.0 Å². The SMILES string of the molecule is CCCCCOCCNC(C)C(C)C. The van der Waals surface area contributed by atoms with Crippen molar-refractivity contribution in [3.8, 4) is 0 Å². The van der Waals surface area contributed by atoms with Gasteiger partial charge in [0.25, 0.3) is 0 Å². The third-order valence-corrected chi connectivity index (χ3v) is 2.60. The minimum absolute atomic E-state index is 0.592. The maximum absolute atomic E-state index is 5.50. The summed E-state index contributed by atoms with van der Waals surface area (Å²) in [6.07, 6.45) is 3.76. The summed E-state index contributed by atoms with van der Waals surface area (Å²) in [5.74, 6) is 0.704. The molecule has 1 unspecified atom stereocenters. The third kappa shape index (κ3) is 8.52. The summed E-state index contributed by atoms with van der Waals surface area (Å²) in [7, 11) is 0. The van der Waals surface area contributed by atoms with Crippen LogP contribution in [0.15, 0.2) is 0 Å². The van der Waals surface area contributed by atoms with Crippen molar-refractivity contribution in [1.82, 2.24) is 5.32 Å². The number of unbranched alkanes of at least 4 members (excludes halogenated alkanes) is 2. The second-order valence-electron chi connectivity index (χ2n) is 4.31. The van der Waals surface area contributed by atoms with Crippen molar-refractivity contribution in [2.24, 2.45) is 5.92 Å². The Morgan fingerprint density at radius 3 is 2.36 bits per heavy atom. The summed E-state index contributed by atoms with van der Waals surface area (Å²) in [6, 6.07) is 0.592. The van der Waals surface area contributed by atoms with Gasteiger partial charge in [0.2, 0.25) is 0 Å². The van der Waals surface area contributed by atoms with Gasteiger partial charge in [-0.25, -0.2) is 0 Å². The van der Waals surface area contributed by atoms with Crippen LogP contribution in [-0.2, 0) is 4.74 Å². The molecule has 0 amide bonds. The van der Waals surface area contributed by atoms with Gasteiger partial charge in [-0.15, -0.1) is 0 Å². The first-order valence-electron chi connectivity index (χ1n) is 5.99. The van der Waals surface area contributed by atoms with Gasteiger partial charge in [-0.3, -0.25) is 0 Å². The van der Waals surface area contributed by atoms with Gasteiger partial charge in [-0.2, -0.15) is 0 Å². The number of nitrogens with one attached hydrogen (secondary N) is 1. The summed E-state index contributed by atoms with van der Waals surface area (Å²) in [5.41, 5.74) is 0. The molecule has 1 N–H and O–H groups in total. The lowest BCUT2D eigenvalue weighted by molar-refractivity contribution is 0.129. The summed E-state index contributed by atoms with van der Waals surface area (Å²) in [4.78, 5) is 0. The van der Waals surface area contributed by atoms with Gasteiger partial charge in [0.1, 0.15) is 0 Å². The summed E-state index contributed by atoms with van der Waals surface area (Å²) < 4.78 is 5.50. The van der Waals surface area contributed by atoms with Crippen molar-refractivity contribution in [3.05, 3.63) is 0 Å². The zero-order valence-electron chi connectivity index (χ0n) is 10.3. The average Bonchev–Trinajstić information content (AvgIpc) is 2.16. The molecule has 1 atom stereocenters. The molecule has 86 valence electrons. The lowest BCUT2D eigenvalue weighted by Gasteiger charge is -2.17. The zero-order valence-corrected chi connectivity index (χ0v) is 10.3. The van der Waals surface area contributed by atoms with Crippen LogP contribution in [-0.4, -0.2) is 25.8 Å². The first kappa shape index (κ1) is 13.9. The molecule has 2 nitrogen and oxygen atoms in total. The molecule has 0 fully saturated rings. The Hall–Kier alpha value is -0.0800. The highest BCUT2D eigenvalue weighted by Crippen LogP contribution is 1.98. The third-order valence-electron chi connectivity index (χ3n) is 2.60. The van der Waals surface area contributed by atoms with E-state index in [1.54, 1.807) is 0 Å². The number of hydrogen-bond donors (Lipinski definition) is 1. The van der Waals surface area contributed by atoms with Crippen molar-refractivity contribution in [3.63, 3.8) is 0 Å². The fourth-order valence-electron chi connectivity index (χ4n) is 1.15. The standard InChI is InChI=1S/C12H27NO/c1-5-6-7-9-14-10-8-13-12(4)11(2)3/h11-13H,5-10H2,1-4H3.